The fourth-order valence-corrected chi connectivity index (χ4v) is 6.72. The Balaban J connectivity index is 2.32. The lowest BCUT2D eigenvalue weighted by Crippen LogP contribution is -2.62. The minimum atomic E-state index is -1.30. The minimum absolute atomic E-state index is 0.0141. The summed E-state index contributed by atoms with van der Waals surface area (Å²) >= 11 is 4.32. The topological polar surface area (TPSA) is 301 Å². The Morgan fingerprint density at radius 1 is 0.571 bits per heavy atom. The van der Waals surface area contributed by atoms with Crippen LogP contribution in [0.2, 0.25) is 0 Å². The summed E-state index contributed by atoms with van der Waals surface area (Å²) in [6.45, 7) is 7.40. The van der Waals surface area contributed by atoms with Gasteiger partial charge in [0.1, 0.15) is 36.3 Å². The Morgan fingerprint density at radius 2 is 0.984 bits per heavy atom. The number of hydrogen-bond acceptors (Lipinski definition) is 11. The van der Waals surface area contributed by atoms with Crippen LogP contribution in [-0.4, -0.2) is 112 Å². The third-order valence-electron chi connectivity index (χ3n) is 10.8. The minimum Gasteiger partial charge on any atom is -0.481 e. The van der Waals surface area contributed by atoms with Gasteiger partial charge in [-0.3, -0.25) is 33.6 Å². The number of nitrogens with one attached hydrogen (secondary N) is 6. The van der Waals surface area contributed by atoms with E-state index in [0.29, 0.717) is 43.4 Å². The summed E-state index contributed by atoms with van der Waals surface area (Å²) in [5, 5.41) is 34.8. The zero-order valence-electron chi connectivity index (χ0n) is 36.5. The number of carbonyl (C=O) groups is 8. The number of hydrogen-bond donors (Lipinski definition) is 11. The van der Waals surface area contributed by atoms with E-state index in [9.17, 15) is 43.5 Å². The van der Waals surface area contributed by atoms with E-state index in [1.165, 1.54) is 0 Å². The van der Waals surface area contributed by atoms with Crippen LogP contribution in [-0.2, 0) is 51.2 Å². The van der Waals surface area contributed by atoms with Gasteiger partial charge in [0.25, 0.3) is 0 Å². The molecule has 0 bridgehead atoms. The Morgan fingerprint density at radius 3 is 1.40 bits per heavy atom. The maximum atomic E-state index is 14.0. The van der Waals surface area contributed by atoms with Gasteiger partial charge in [-0.25, -0.2) is 4.79 Å². The average Bonchev–Trinajstić information content (AvgIpc) is 3.27. The molecule has 19 heteroatoms. The lowest BCUT2D eigenvalue weighted by atomic mass is 9.96. The SMILES string of the molecule is CC[C@H](C)[C@H](NC(=O)[C@H](CS)NC(=O)[C@@H](NC(=O)[C@H](Cc1ccccc1)NC(=O)[C@@H](N)CCC(=O)O)[C@@H](C)CC)C(=O)N[C@@H](Cc1ccccc1)C(=O)N[C@@H](CCCCN)C(=O)O. The second kappa shape index (κ2) is 28.2. The number of carboxylic acids is 2. The summed E-state index contributed by atoms with van der Waals surface area (Å²) in [6.07, 6.45) is 1.48. The van der Waals surface area contributed by atoms with Gasteiger partial charge in [-0.2, -0.15) is 12.6 Å². The smallest absolute Gasteiger partial charge is 0.326 e. The van der Waals surface area contributed by atoms with Crippen LogP contribution >= 0.6 is 12.6 Å². The van der Waals surface area contributed by atoms with Gasteiger partial charge in [-0.1, -0.05) is 101 Å². The number of aliphatic carboxylic acids is 2. The number of rotatable bonds is 29. The molecule has 0 saturated heterocycles. The van der Waals surface area contributed by atoms with Crippen LogP contribution in [0.15, 0.2) is 60.7 Å². The number of unbranched alkanes of at least 4 members (excludes halogenated alkanes) is 1. The first-order valence-electron chi connectivity index (χ1n) is 21.4. The first-order chi connectivity index (χ1) is 29.9. The Bertz CT molecular complexity index is 1810. The van der Waals surface area contributed by atoms with Crippen LogP contribution < -0.4 is 43.4 Å². The van der Waals surface area contributed by atoms with Gasteiger partial charge in [0.2, 0.25) is 35.4 Å². The lowest BCUT2D eigenvalue weighted by molar-refractivity contribution is -0.142. The summed E-state index contributed by atoms with van der Waals surface area (Å²) in [5.41, 5.74) is 12.9. The number of carboxylic acid groups (broad SMARTS) is 2. The number of nitrogens with two attached hydrogens (primary N) is 2. The Labute approximate surface area is 374 Å². The van der Waals surface area contributed by atoms with Gasteiger partial charge in [0.05, 0.1) is 6.04 Å². The average molecular weight is 899 g/mol. The molecule has 9 atom stereocenters. The molecule has 12 N–H and O–H groups in total. The molecular formula is C44H66N8O10S. The first-order valence-corrected chi connectivity index (χ1v) is 22.0. The van der Waals surface area contributed by atoms with Gasteiger partial charge >= 0.3 is 11.9 Å². The number of benzene rings is 2. The summed E-state index contributed by atoms with van der Waals surface area (Å²) < 4.78 is 0. The highest BCUT2D eigenvalue weighted by Crippen LogP contribution is 2.14. The molecule has 18 nitrogen and oxygen atoms in total. The quantitative estimate of drug-likeness (QED) is 0.0400. The van der Waals surface area contributed by atoms with Crippen LogP contribution in [0.3, 0.4) is 0 Å². The molecule has 0 aliphatic carbocycles. The van der Waals surface area contributed by atoms with Gasteiger partial charge in [-0.05, 0) is 55.2 Å². The molecule has 348 valence electrons. The molecule has 2 aromatic carbocycles. The van der Waals surface area contributed by atoms with E-state index >= 15 is 0 Å². The standard InChI is InChI=1S/C44H66N8O10S/c1-5-26(3)36(42(59)49-32(23-28-15-9-7-10-16-28)39(56)47-31(44(61)62)19-13-14-22-45)52-41(58)34(25-63)50-43(60)37(27(4)6-2)51-40(57)33(24-29-17-11-8-12-18-29)48-38(55)30(46)20-21-35(53)54/h7-12,15-18,26-27,30-34,36-37,63H,5-6,13-14,19-25,45-46H2,1-4H3,(H,47,56)(H,48,55)(H,49,59)(H,50,60)(H,51,57)(H,52,58)(H,53,54)(H,61,62)/t26-,27-,30-,31-,32-,33-,34-,36-,37-/m0/s1. The van der Waals surface area contributed by atoms with Gasteiger partial charge in [-0.15, -0.1) is 0 Å². The highest BCUT2D eigenvalue weighted by molar-refractivity contribution is 7.80. The van der Waals surface area contributed by atoms with Crippen molar-refractivity contribution in [3.05, 3.63) is 71.8 Å². The number of thiol groups is 1. The van der Waals surface area contributed by atoms with E-state index < -0.39 is 102 Å². The van der Waals surface area contributed by atoms with E-state index in [2.05, 4.69) is 44.5 Å². The van der Waals surface area contributed by atoms with Crippen molar-refractivity contribution in [2.45, 2.75) is 128 Å². The summed E-state index contributed by atoms with van der Waals surface area (Å²) in [5.74, 6) is -7.97. The van der Waals surface area contributed by atoms with E-state index in [1.54, 1.807) is 88.4 Å². The van der Waals surface area contributed by atoms with Crippen LogP contribution in [0, 0.1) is 11.8 Å². The molecule has 0 fully saturated rings. The Kier molecular flexibility index (Phi) is 24.0. The molecule has 2 aromatic rings. The molecular weight excluding hydrogens is 833 g/mol. The van der Waals surface area contributed by atoms with Crippen molar-refractivity contribution in [2.24, 2.45) is 23.3 Å². The second-order valence-electron chi connectivity index (χ2n) is 15.7. The largest absolute Gasteiger partial charge is 0.481 e. The van der Waals surface area contributed by atoms with E-state index in [0.717, 1.165) is 0 Å². The fraction of sp³-hybridized carbons (Fsp3) is 0.545. The van der Waals surface area contributed by atoms with Crippen molar-refractivity contribution >= 4 is 60.0 Å². The lowest BCUT2D eigenvalue weighted by Gasteiger charge is -2.30. The molecule has 0 aliphatic heterocycles. The van der Waals surface area contributed by atoms with Crippen molar-refractivity contribution in [3.63, 3.8) is 0 Å². The highest BCUT2D eigenvalue weighted by atomic mass is 32.1. The summed E-state index contributed by atoms with van der Waals surface area (Å²) in [7, 11) is 0. The molecule has 6 amide bonds. The fourth-order valence-electron chi connectivity index (χ4n) is 6.46. The van der Waals surface area contributed by atoms with Crippen molar-refractivity contribution < 1.29 is 48.6 Å². The van der Waals surface area contributed by atoms with Gasteiger partial charge < -0.3 is 53.6 Å². The number of amides is 6. The van der Waals surface area contributed by atoms with Crippen LogP contribution in [0.4, 0.5) is 0 Å². The molecule has 0 aromatic heterocycles. The first kappa shape index (κ1) is 53.6. The molecule has 0 aliphatic rings. The van der Waals surface area contributed by atoms with Crippen LogP contribution in [0.1, 0.15) is 83.8 Å². The van der Waals surface area contributed by atoms with Crippen molar-refractivity contribution in [3.8, 4) is 0 Å². The third kappa shape index (κ3) is 18.8. The van der Waals surface area contributed by atoms with Gasteiger partial charge in [0, 0.05) is 25.0 Å². The van der Waals surface area contributed by atoms with Crippen molar-refractivity contribution in [1.29, 1.82) is 0 Å². The van der Waals surface area contributed by atoms with Crippen LogP contribution in [0.5, 0.6) is 0 Å². The molecule has 0 radical (unpaired) electrons. The zero-order valence-corrected chi connectivity index (χ0v) is 37.4. The van der Waals surface area contributed by atoms with Gasteiger partial charge in [0.15, 0.2) is 0 Å². The normalized spacial score (nSPS) is 15.3. The molecule has 0 spiro atoms. The second-order valence-corrected chi connectivity index (χ2v) is 16.1. The summed E-state index contributed by atoms with van der Waals surface area (Å²) in [4.78, 5) is 106. The molecule has 0 heterocycles. The molecule has 63 heavy (non-hydrogen) atoms. The van der Waals surface area contributed by atoms with Crippen LogP contribution in [0.25, 0.3) is 0 Å². The van der Waals surface area contributed by atoms with Crippen molar-refractivity contribution in [2.75, 3.05) is 12.3 Å². The predicted molar refractivity (Wildman–Crippen MR) is 240 cm³/mol. The molecule has 0 saturated carbocycles. The zero-order chi connectivity index (χ0) is 47.1. The number of carbonyl (C=O) groups excluding carboxylic acids is 6. The summed E-state index contributed by atoms with van der Waals surface area (Å²) in [6, 6.07) is 8.99. The maximum absolute atomic E-state index is 14.0. The highest BCUT2D eigenvalue weighted by Gasteiger charge is 2.36. The Hall–Kier alpha value is -5.53. The molecule has 2 rings (SSSR count). The van der Waals surface area contributed by atoms with E-state index in [4.69, 9.17) is 16.6 Å². The molecule has 0 unspecified atom stereocenters. The van der Waals surface area contributed by atoms with E-state index in [1.807, 2.05) is 0 Å². The predicted octanol–water partition coefficient (Wildman–Crippen LogP) is 0.808. The van der Waals surface area contributed by atoms with E-state index in [-0.39, 0.29) is 37.9 Å². The van der Waals surface area contributed by atoms with Crippen molar-refractivity contribution in [1.82, 2.24) is 31.9 Å². The monoisotopic (exact) mass is 898 g/mol. The maximum Gasteiger partial charge on any atom is 0.326 e. The third-order valence-corrected chi connectivity index (χ3v) is 11.2.